The highest BCUT2D eigenvalue weighted by Gasteiger charge is 2.30. The first-order valence-corrected chi connectivity index (χ1v) is 16.0. The van der Waals surface area contributed by atoms with Crippen molar-refractivity contribution in [1.82, 2.24) is 10.2 Å². The maximum atomic E-state index is 13.6. The van der Waals surface area contributed by atoms with Crippen molar-refractivity contribution in [3.8, 4) is 5.75 Å². The molecule has 0 unspecified atom stereocenters. The molecule has 3 rings (SSSR count). The first kappa shape index (κ1) is 31.4. The van der Waals surface area contributed by atoms with Gasteiger partial charge in [0.15, 0.2) is 0 Å². The summed E-state index contributed by atoms with van der Waals surface area (Å²) in [6.07, 6.45) is 7.05. The van der Waals surface area contributed by atoms with Crippen LogP contribution in [0.5, 0.6) is 5.75 Å². The SMILES string of the molecule is CCOc1ccc(N(CCCC(=O)N(Cc2ccc(F)cc2)[C@H](CC)C(=O)NC2CCCCC2)S(C)(=O)=O)cc1. The molecular weight excluding hydrogens is 533 g/mol. The van der Waals surface area contributed by atoms with Crippen LogP contribution in [0, 0.1) is 5.82 Å². The predicted molar refractivity (Wildman–Crippen MR) is 155 cm³/mol. The summed E-state index contributed by atoms with van der Waals surface area (Å²) in [6, 6.07) is 12.1. The zero-order chi connectivity index (χ0) is 29.1. The summed E-state index contributed by atoms with van der Waals surface area (Å²) >= 11 is 0. The molecule has 1 N–H and O–H groups in total. The molecule has 0 bridgehead atoms. The Morgan fingerprint density at radius 1 is 1.02 bits per heavy atom. The quantitative estimate of drug-likeness (QED) is 0.341. The van der Waals surface area contributed by atoms with E-state index in [1.54, 1.807) is 41.3 Å². The van der Waals surface area contributed by atoms with Crippen LogP contribution in [0.4, 0.5) is 10.1 Å². The lowest BCUT2D eigenvalue weighted by molar-refractivity contribution is -0.141. The number of carbonyl (C=O) groups excluding carboxylic acids is 2. The number of amides is 2. The Hall–Kier alpha value is -3.14. The fraction of sp³-hybridized carbons (Fsp3) is 0.533. The van der Waals surface area contributed by atoms with Gasteiger partial charge in [-0.3, -0.25) is 13.9 Å². The van der Waals surface area contributed by atoms with E-state index in [0.29, 0.717) is 30.0 Å². The van der Waals surface area contributed by atoms with Crippen LogP contribution < -0.4 is 14.4 Å². The third-order valence-electron chi connectivity index (χ3n) is 7.19. The predicted octanol–water partition coefficient (Wildman–Crippen LogP) is 5.03. The van der Waals surface area contributed by atoms with Crippen LogP contribution in [0.25, 0.3) is 0 Å². The van der Waals surface area contributed by atoms with Crippen molar-refractivity contribution in [2.75, 3.05) is 23.7 Å². The minimum absolute atomic E-state index is 0.0530. The number of benzene rings is 2. The Morgan fingerprint density at radius 3 is 2.25 bits per heavy atom. The number of anilines is 1. The normalized spacial score (nSPS) is 14.8. The Bertz CT molecular complexity index is 1200. The van der Waals surface area contributed by atoms with E-state index in [0.717, 1.165) is 31.9 Å². The Balaban J connectivity index is 1.73. The standard InChI is InChI=1S/C30H42FN3O5S/c1-4-28(30(36)32-25-10-7-6-8-11-25)33(22-23-13-15-24(31)16-14-23)29(35)12-9-21-34(40(3,37)38)26-17-19-27(20-18-26)39-5-2/h13-20,25,28H,4-12,21-22H2,1-3H3,(H,32,36)/t28-/m1/s1. The molecule has 0 spiro atoms. The van der Waals surface area contributed by atoms with Crippen LogP contribution >= 0.6 is 0 Å². The molecule has 1 aliphatic carbocycles. The highest BCUT2D eigenvalue weighted by atomic mass is 32.2. The number of ether oxygens (including phenoxy) is 1. The zero-order valence-corrected chi connectivity index (χ0v) is 24.6. The smallest absolute Gasteiger partial charge is 0.243 e. The van der Waals surface area contributed by atoms with Gasteiger partial charge in [-0.1, -0.05) is 38.3 Å². The van der Waals surface area contributed by atoms with Crippen LogP contribution in [0.3, 0.4) is 0 Å². The average Bonchev–Trinajstić information content (AvgIpc) is 2.92. The van der Waals surface area contributed by atoms with Crippen molar-refractivity contribution in [3.05, 3.63) is 59.9 Å². The molecule has 0 aliphatic heterocycles. The molecule has 2 aromatic carbocycles. The Labute approximate surface area is 237 Å². The van der Waals surface area contributed by atoms with Crippen LogP contribution in [0.2, 0.25) is 0 Å². The average molecular weight is 576 g/mol. The fourth-order valence-corrected chi connectivity index (χ4v) is 6.09. The van der Waals surface area contributed by atoms with Gasteiger partial charge in [0.05, 0.1) is 18.6 Å². The van der Waals surface area contributed by atoms with Crippen molar-refractivity contribution in [2.45, 2.75) is 83.8 Å². The van der Waals surface area contributed by atoms with Gasteiger partial charge in [-0.15, -0.1) is 0 Å². The minimum atomic E-state index is -3.60. The monoisotopic (exact) mass is 575 g/mol. The second-order valence-electron chi connectivity index (χ2n) is 10.3. The zero-order valence-electron chi connectivity index (χ0n) is 23.8. The number of nitrogens with one attached hydrogen (secondary N) is 1. The first-order valence-electron chi connectivity index (χ1n) is 14.2. The van der Waals surface area contributed by atoms with Gasteiger partial charge in [0.25, 0.3) is 0 Å². The van der Waals surface area contributed by atoms with Gasteiger partial charge in [-0.05, 0) is 74.6 Å². The molecule has 0 aromatic heterocycles. The highest BCUT2D eigenvalue weighted by molar-refractivity contribution is 7.92. The van der Waals surface area contributed by atoms with Crippen LogP contribution in [-0.2, 0) is 26.2 Å². The van der Waals surface area contributed by atoms with Gasteiger partial charge in [0, 0.05) is 25.6 Å². The van der Waals surface area contributed by atoms with Gasteiger partial charge in [-0.25, -0.2) is 12.8 Å². The summed E-state index contributed by atoms with van der Waals surface area (Å²) in [5.74, 6) is -0.172. The largest absolute Gasteiger partial charge is 0.494 e. The summed E-state index contributed by atoms with van der Waals surface area (Å²) in [4.78, 5) is 28.5. The van der Waals surface area contributed by atoms with Crippen molar-refractivity contribution >= 4 is 27.5 Å². The molecule has 1 aliphatic rings. The Morgan fingerprint density at radius 2 is 1.68 bits per heavy atom. The molecule has 40 heavy (non-hydrogen) atoms. The molecule has 220 valence electrons. The van der Waals surface area contributed by atoms with Crippen LogP contribution in [0.15, 0.2) is 48.5 Å². The number of sulfonamides is 1. The van der Waals surface area contributed by atoms with E-state index in [4.69, 9.17) is 4.74 Å². The lowest BCUT2D eigenvalue weighted by atomic mass is 9.95. The molecule has 0 saturated heterocycles. The summed E-state index contributed by atoms with van der Waals surface area (Å²) in [5, 5.41) is 3.14. The number of hydrogen-bond acceptors (Lipinski definition) is 5. The summed E-state index contributed by atoms with van der Waals surface area (Å²) in [6.45, 7) is 4.50. The third kappa shape index (κ3) is 9.21. The van der Waals surface area contributed by atoms with Crippen molar-refractivity contribution in [1.29, 1.82) is 0 Å². The maximum absolute atomic E-state index is 13.6. The molecule has 2 aromatic rings. The third-order valence-corrected chi connectivity index (χ3v) is 8.39. The molecule has 0 heterocycles. The number of halogens is 1. The van der Waals surface area contributed by atoms with Gasteiger partial charge in [0.1, 0.15) is 17.6 Å². The molecule has 0 radical (unpaired) electrons. The van der Waals surface area contributed by atoms with Crippen molar-refractivity contribution in [3.63, 3.8) is 0 Å². The van der Waals surface area contributed by atoms with E-state index in [1.807, 2.05) is 13.8 Å². The van der Waals surface area contributed by atoms with Gasteiger partial charge in [-0.2, -0.15) is 0 Å². The second kappa shape index (κ2) is 15.0. The molecule has 2 amide bonds. The van der Waals surface area contributed by atoms with E-state index >= 15 is 0 Å². The molecule has 1 saturated carbocycles. The summed E-state index contributed by atoms with van der Waals surface area (Å²) in [7, 11) is -3.60. The highest BCUT2D eigenvalue weighted by Crippen LogP contribution is 2.23. The number of rotatable bonds is 14. The van der Waals surface area contributed by atoms with E-state index in [2.05, 4.69) is 5.32 Å². The van der Waals surface area contributed by atoms with Crippen molar-refractivity contribution in [2.24, 2.45) is 0 Å². The lowest BCUT2D eigenvalue weighted by Crippen LogP contribution is -2.51. The van der Waals surface area contributed by atoms with Gasteiger partial charge in [0.2, 0.25) is 21.8 Å². The molecule has 10 heteroatoms. The number of nitrogens with zero attached hydrogens (tertiary/aromatic N) is 2. The van der Waals surface area contributed by atoms with E-state index in [1.165, 1.54) is 22.9 Å². The van der Waals surface area contributed by atoms with Crippen molar-refractivity contribution < 1.29 is 27.1 Å². The van der Waals surface area contributed by atoms with Gasteiger partial charge < -0.3 is 15.0 Å². The van der Waals surface area contributed by atoms with E-state index in [9.17, 15) is 22.4 Å². The Kier molecular flexibility index (Phi) is 11.8. The molecule has 8 nitrogen and oxygen atoms in total. The maximum Gasteiger partial charge on any atom is 0.243 e. The summed E-state index contributed by atoms with van der Waals surface area (Å²) < 4.78 is 45.4. The topological polar surface area (TPSA) is 96.0 Å². The molecular formula is C30H42FN3O5S. The van der Waals surface area contributed by atoms with E-state index < -0.39 is 16.1 Å². The lowest BCUT2D eigenvalue weighted by Gasteiger charge is -2.33. The van der Waals surface area contributed by atoms with Gasteiger partial charge >= 0.3 is 0 Å². The second-order valence-corrected chi connectivity index (χ2v) is 12.2. The van der Waals surface area contributed by atoms with Crippen LogP contribution in [0.1, 0.15) is 70.8 Å². The summed E-state index contributed by atoms with van der Waals surface area (Å²) in [5.41, 5.74) is 1.20. The van der Waals surface area contributed by atoms with E-state index in [-0.39, 0.29) is 49.6 Å². The molecule has 1 atom stereocenters. The number of hydrogen-bond donors (Lipinski definition) is 1. The molecule has 1 fully saturated rings. The first-order chi connectivity index (χ1) is 19.1. The minimum Gasteiger partial charge on any atom is -0.494 e. The number of carbonyl (C=O) groups is 2. The van der Waals surface area contributed by atoms with Crippen LogP contribution in [-0.4, -0.2) is 56.6 Å². The fourth-order valence-electron chi connectivity index (χ4n) is 5.13.